The van der Waals surface area contributed by atoms with E-state index in [2.05, 4.69) is 21.9 Å². The van der Waals surface area contributed by atoms with Crippen LogP contribution in [0.5, 0.6) is 0 Å². The quantitative estimate of drug-likeness (QED) is 0.802. The number of para-hydroxylation sites is 2. The second kappa shape index (κ2) is 5.80. The van der Waals surface area contributed by atoms with Crippen molar-refractivity contribution in [3.63, 3.8) is 0 Å². The minimum atomic E-state index is -1.25. The molecule has 0 bridgehead atoms. The fourth-order valence-electron chi connectivity index (χ4n) is 1.76. The van der Waals surface area contributed by atoms with E-state index < -0.39 is 17.4 Å². The molecule has 100 valence electrons. The predicted molar refractivity (Wildman–Crippen MR) is 73.9 cm³/mol. The molecule has 6 heteroatoms. The van der Waals surface area contributed by atoms with Gasteiger partial charge in [0, 0.05) is 6.54 Å². The average molecular weight is 268 g/mol. The zero-order valence-corrected chi connectivity index (χ0v) is 10.6. The van der Waals surface area contributed by atoms with Gasteiger partial charge < -0.3 is 10.3 Å². The first-order valence-corrected chi connectivity index (χ1v) is 5.94. The molecule has 0 aliphatic heterocycles. The van der Waals surface area contributed by atoms with Crippen molar-refractivity contribution in [3.8, 4) is 6.07 Å². The van der Waals surface area contributed by atoms with Crippen molar-refractivity contribution < 1.29 is 4.79 Å². The van der Waals surface area contributed by atoms with E-state index in [-0.39, 0.29) is 12.2 Å². The summed E-state index contributed by atoms with van der Waals surface area (Å²) in [4.78, 5) is 30.5. The van der Waals surface area contributed by atoms with Crippen molar-refractivity contribution >= 4 is 16.9 Å². The number of aromatic amines is 1. The van der Waals surface area contributed by atoms with Gasteiger partial charge in [-0.15, -0.1) is 6.58 Å². The summed E-state index contributed by atoms with van der Waals surface area (Å²) in [6.45, 7) is 3.69. The molecule has 1 amide bonds. The van der Waals surface area contributed by atoms with Crippen molar-refractivity contribution in [1.29, 1.82) is 5.26 Å². The Balaban J connectivity index is 2.47. The fraction of sp³-hybridized carbons (Fsp3) is 0.143. The lowest BCUT2D eigenvalue weighted by Crippen LogP contribution is -2.32. The minimum absolute atomic E-state index is 0.104. The number of H-pyrrole nitrogens is 1. The van der Waals surface area contributed by atoms with Gasteiger partial charge in [-0.1, -0.05) is 18.2 Å². The lowest BCUT2D eigenvalue weighted by molar-refractivity contribution is -0.121. The first-order valence-electron chi connectivity index (χ1n) is 5.94. The van der Waals surface area contributed by atoms with E-state index in [0.717, 1.165) is 0 Å². The van der Waals surface area contributed by atoms with Gasteiger partial charge in [0.25, 0.3) is 5.56 Å². The Labute approximate surface area is 114 Å². The normalized spacial score (nSPS) is 11.6. The van der Waals surface area contributed by atoms with Crippen molar-refractivity contribution in [2.75, 3.05) is 6.54 Å². The highest BCUT2D eigenvalue weighted by molar-refractivity contribution is 5.86. The smallest absolute Gasteiger partial charge is 0.272 e. The first kappa shape index (κ1) is 13.5. The molecule has 20 heavy (non-hydrogen) atoms. The van der Waals surface area contributed by atoms with E-state index in [1.165, 1.54) is 6.08 Å². The average Bonchev–Trinajstić information content (AvgIpc) is 2.46. The largest absolute Gasteiger partial charge is 0.351 e. The molecule has 1 aromatic heterocycles. The lowest BCUT2D eigenvalue weighted by atomic mass is 10.1. The number of rotatable bonds is 4. The Morgan fingerprint density at radius 3 is 3.00 bits per heavy atom. The van der Waals surface area contributed by atoms with E-state index >= 15 is 0 Å². The van der Waals surface area contributed by atoms with Gasteiger partial charge in [-0.25, -0.2) is 4.98 Å². The summed E-state index contributed by atoms with van der Waals surface area (Å²) in [5.41, 5.74) is 0.445. The zero-order chi connectivity index (χ0) is 14.5. The summed E-state index contributed by atoms with van der Waals surface area (Å²) in [5.74, 6) is -1.82. The van der Waals surface area contributed by atoms with Gasteiger partial charge in [0.05, 0.1) is 17.1 Å². The molecule has 0 aliphatic carbocycles. The molecule has 0 fully saturated rings. The number of hydrogen-bond donors (Lipinski definition) is 2. The molecule has 0 spiro atoms. The maximum Gasteiger partial charge on any atom is 0.272 e. The SMILES string of the molecule is C=CCNC(=O)C(C#N)c1nc2ccccc2[nH]c1=O. The van der Waals surface area contributed by atoms with Crippen LogP contribution in [-0.4, -0.2) is 22.4 Å². The van der Waals surface area contributed by atoms with Crippen molar-refractivity contribution in [1.82, 2.24) is 15.3 Å². The Hall–Kier alpha value is -2.94. The molecule has 0 saturated heterocycles. The third-order valence-corrected chi connectivity index (χ3v) is 2.71. The Morgan fingerprint density at radius 2 is 2.30 bits per heavy atom. The van der Waals surface area contributed by atoms with Crippen LogP contribution in [0.15, 0.2) is 41.7 Å². The van der Waals surface area contributed by atoms with Crippen LogP contribution in [0.1, 0.15) is 11.6 Å². The monoisotopic (exact) mass is 268 g/mol. The molecule has 2 aromatic rings. The van der Waals surface area contributed by atoms with Crippen LogP contribution < -0.4 is 10.9 Å². The molecular weight excluding hydrogens is 256 g/mol. The third kappa shape index (κ3) is 2.57. The van der Waals surface area contributed by atoms with Crippen LogP contribution >= 0.6 is 0 Å². The Kier molecular flexibility index (Phi) is 3.91. The molecule has 0 radical (unpaired) electrons. The molecule has 1 aromatic carbocycles. The second-order valence-corrected chi connectivity index (χ2v) is 4.06. The van der Waals surface area contributed by atoms with E-state index in [1.807, 2.05) is 0 Å². The van der Waals surface area contributed by atoms with Crippen LogP contribution in [0.2, 0.25) is 0 Å². The van der Waals surface area contributed by atoms with E-state index in [9.17, 15) is 9.59 Å². The predicted octanol–water partition coefficient (Wildman–Crippen LogP) is 0.832. The van der Waals surface area contributed by atoms with E-state index in [4.69, 9.17) is 5.26 Å². The molecular formula is C14H12N4O2. The van der Waals surface area contributed by atoms with Gasteiger partial charge in [0.1, 0.15) is 5.69 Å². The van der Waals surface area contributed by atoms with Gasteiger partial charge >= 0.3 is 0 Å². The van der Waals surface area contributed by atoms with Crippen LogP contribution in [-0.2, 0) is 4.79 Å². The summed E-state index contributed by atoms with van der Waals surface area (Å²) in [7, 11) is 0. The second-order valence-electron chi connectivity index (χ2n) is 4.06. The standard InChI is InChI=1S/C14H12N4O2/c1-2-7-16-13(19)9(8-15)12-14(20)18-11-6-4-3-5-10(11)17-12/h2-6,9H,1,7H2,(H,16,19)(H,18,20). The summed E-state index contributed by atoms with van der Waals surface area (Å²) >= 11 is 0. The number of nitrogens with one attached hydrogen (secondary N) is 2. The van der Waals surface area contributed by atoms with Gasteiger partial charge in [-0.3, -0.25) is 9.59 Å². The van der Waals surface area contributed by atoms with Crippen LogP contribution in [0.4, 0.5) is 0 Å². The summed E-state index contributed by atoms with van der Waals surface area (Å²) in [6.07, 6.45) is 1.49. The zero-order valence-electron chi connectivity index (χ0n) is 10.6. The Morgan fingerprint density at radius 1 is 1.55 bits per heavy atom. The van der Waals surface area contributed by atoms with Crippen LogP contribution in [0, 0.1) is 11.3 Å². The highest BCUT2D eigenvalue weighted by Gasteiger charge is 2.24. The fourth-order valence-corrected chi connectivity index (χ4v) is 1.76. The Bertz CT molecular complexity index is 758. The number of benzene rings is 1. The minimum Gasteiger partial charge on any atom is -0.351 e. The number of nitriles is 1. The number of amides is 1. The maximum absolute atomic E-state index is 11.9. The van der Waals surface area contributed by atoms with E-state index in [1.54, 1.807) is 30.3 Å². The van der Waals surface area contributed by atoms with Gasteiger partial charge in [0.15, 0.2) is 5.92 Å². The van der Waals surface area contributed by atoms with Gasteiger partial charge in [0.2, 0.25) is 5.91 Å². The van der Waals surface area contributed by atoms with Gasteiger partial charge in [-0.2, -0.15) is 5.26 Å². The number of hydrogen-bond acceptors (Lipinski definition) is 4. The molecule has 1 atom stereocenters. The number of carbonyl (C=O) groups is 1. The molecule has 2 N–H and O–H groups in total. The molecule has 2 rings (SSSR count). The molecule has 0 aliphatic rings. The highest BCUT2D eigenvalue weighted by atomic mass is 16.2. The molecule has 6 nitrogen and oxygen atoms in total. The molecule has 1 unspecified atom stereocenters. The van der Waals surface area contributed by atoms with Crippen LogP contribution in [0.3, 0.4) is 0 Å². The number of aromatic nitrogens is 2. The number of fused-ring (bicyclic) bond motifs is 1. The number of carbonyl (C=O) groups excluding carboxylic acids is 1. The third-order valence-electron chi connectivity index (χ3n) is 2.71. The van der Waals surface area contributed by atoms with Crippen molar-refractivity contribution in [3.05, 3.63) is 53.0 Å². The maximum atomic E-state index is 11.9. The summed E-state index contributed by atoms with van der Waals surface area (Å²) < 4.78 is 0. The van der Waals surface area contributed by atoms with Gasteiger partial charge in [-0.05, 0) is 12.1 Å². The highest BCUT2D eigenvalue weighted by Crippen LogP contribution is 2.12. The van der Waals surface area contributed by atoms with E-state index in [0.29, 0.717) is 11.0 Å². The summed E-state index contributed by atoms with van der Waals surface area (Å²) in [5, 5.41) is 11.6. The first-order chi connectivity index (χ1) is 9.67. The number of nitrogens with zero attached hydrogens (tertiary/aromatic N) is 2. The summed E-state index contributed by atoms with van der Waals surface area (Å²) in [6, 6.07) is 8.73. The topological polar surface area (TPSA) is 98.6 Å². The van der Waals surface area contributed by atoms with Crippen molar-refractivity contribution in [2.45, 2.75) is 5.92 Å². The molecule has 1 heterocycles. The van der Waals surface area contributed by atoms with Crippen molar-refractivity contribution in [2.24, 2.45) is 0 Å². The lowest BCUT2D eigenvalue weighted by Gasteiger charge is -2.08. The molecule has 0 saturated carbocycles. The van der Waals surface area contributed by atoms with Crippen LogP contribution in [0.25, 0.3) is 11.0 Å².